The first-order valence-electron chi connectivity index (χ1n) is 11.0. The Morgan fingerprint density at radius 2 is 1.08 bits per heavy atom. The zero-order chi connectivity index (χ0) is 18.6. The van der Waals surface area contributed by atoms with E-state index in [0.29, 0.717) is 6.42 Å². The average molecular weight is 357 g/mol. The number of esters is 1. The fourth-order valence-corrected chi connectivity index (χ4v) is 3.10. The molecule has 0 radical (unpaired) electrons. The number of hydrogen-bond donors (Lipinski definition) is 1. The van der Waals surface area contributed by atoms with Crippen LogP contribution in [0, 0.1) is 0 Å². The van der Waals surface area contributed by atoms with Gasteiger partial charge in [0.1, 0.15) is 6.61 Å². The van der Waals surface area contributed by atoms with Crippen molar-refractivity contribution >= 4 is 5.97 Å². The van der Waals surface area contributed by atoms with Crippen LogP contribution in [0.25, 0.3) is 0 Å². The van der Waals surface area contributed by atoms with Gasteiger partial charge in [0.05, 0.1) is 6.10 Å². The van der Waals surface area contributed by atoms with Crippen LogP contribution in [-0.4, -0.2) is 23.8 Å². The number of hydrogen-bond acceptors (Lipinski definition) is 3. The fourth-order valence-electron chi connectivity index (χ4n) is 3.10. The summed E-state index contributed by atoms with van der Waals surface area (Å²) in [6.45, 7) is 4.02. The van der Waals surface area contributed by atoms with Crippen molar-refractivity contribution in [2.45, 2.75) is 129 Å². The molecule has 3 nitrogen and oxygen atoms in total. The largest absolute Gasteiger partial charge is 0.463 e. The van der Waals surface area contributed by atoms with Gasteiger partial charge in [-0.1, -0.05) is 103 Å². The molecule has 150 valence electrons. The normalized spacial score (nSPS) is 12.3. The molecule has 0 amide bonds. The molecular weight excluding hydrogens is 312 g/mol. The third-order valence-electron chi connectivity index (χ3n) is 4.72. The minimum atomic E-state index is -0.560. The van der Waals surface area contributed by atoms with Crippen molar-refractivity contribution < 1.29 is 14.6 Å². The summed E-state index contributed by atoms with van der Waals surface area (Å²) in [5.41, 5.74) is 0. The number of carbonyl (C=O) groups is 1. The van der Waals surface area contributed by atoms with E-state index >= 15 is 0 Å². The lowest BCUT2D eigenvalue weighted by molar-refractivity contribution is -0.146. The summed E-state index contributed by atoms with van der Waals surface area (Å²) in [5, 5.41) is 9.04. The Morgan fingerprint density at radius 1 is 0.720 bits per heavy atom. The number of carbonyl (C=O) groups excluding carboxylic acids is 1. The van der Waals surface area contributed by atoms with Crippen molar-refractivity contribution in [3.05, 3.63) is 0 Å². The molecule has 1 N–H and O–H groups in total. The van der Waals surface area contributed by atoms with E-state index in [-0.39, 0.29) is 12.6 Å². The average Bonchev–Trinajstić information content (AvgIpc) is 2.59. The molecule has 0 aromatic rings. The summed E-state index contributed by atoms with van der Waals surface area (Å²) in [6, 6.07) is 0. The van der Waals surface area contributed by atoms with E-state index < -0.39 is 6.10 Å². The molecule has 0 saturated carbocycles. The molecule has 1 unspecified atom stereocenters. The standard InChI is InChI=1S/C22H44O3/c1-3-4-5-6-7-8-9-10-11-12-13-14-15-16-17-18-19-22(24)25-20-21(2)23/h21,23H,3-20H2,1-2H3. The molecule has 0 rings (SSSR count). The van der Waals surface area contributed by atoms with Crippen LogP contribution in [0.4, 0.5) is 0 Å². The predicted octanol–water partition coefficient (Wildman–Crippen LogP) is 6.56. The highest BCUT2D eigenvalue weighted by molar-refractivity contribution is 5.69. The quantitative estimate of drug-likeness (QED) is 0.210. The first-order valence-corrected chi connectivity index (χ1v) is 11.0. The zero-order valence-corrected chi connectivity index (χ0v) is 17.1. The number of ether oxygens (including phenoxy) is 1. The van der Waals surface area contributed by atoms with Crippen LogP contribution in [-0.2, 0) is 9.53 Å². The number of unbranched alkanes of at least 4 members (excludes halogenated alkanes) is 15. The van der Waals surface area contributed by atoms with Crippen LogP contribution < -0.4 is 0 Å². The summed E-state index contributed by atoms with van der Waals surface area (Å²) < 4.78 is 4.94. The van der Waals surface area contributed by atoms with Gasteiger partial charge in [-0.15, -0.1) is 0 Å². The number of aliphatic hydroxyl groups is 1. The molecule has 0 heterocycles. The Kier molecular flexibility index (Phi) is 19.3. The summed E-state index contributed by atoms with van der Waals surface area (Å²) in [7, 11) is 0. The van der Waals surface area contributed by atoms with Crippen LogP contribution in [0.2, 0.25) is 0 Å². The number of aliphatic hydroxyl groups excluding tert-OH is 1. The minimum absolute atomic E-state index is 0.123. The molecule has 0 aromatic heterocycles. The van der Waals surface area contributed by atoms with Crippen LogP contribution in [0.5, 0.6) is 0 Å². The van der Waals surface area contributed by atoms with E-state index in [1.165, 1.54) is 89.9 Å². The Labute approximate surface area is 156 Å². The van der Waals surface area contributed by atoms with Gasteiger partial charge in [-0.05, 0) is 13.3 Å². The molecule has 0 bridgehead atoms. The van der Waals surface area contributed by atoms with Crippen molar-refractivity contribution in [2.75, 3.05) is 6.61 Å². The van der Waals surface area contributed by atoms with E-state index in [0.717, 1.165) is 12.8 Å². The van der Waals surface area contributed by atoms with Crippen molar-refractivity contribution in [3.8, 4) is 0 Å². The maximum atomic E-state index is 11.4. The minimum Gasteiger partial charge on any atom is -0.463 e. The van der Waals surface area contributed by atoms with Gasteiger partial charge in [-0.3, -0.25) is 4.79 Å². The third-order valence-corrected chi connectivity index (χ3v) is 4.72. The first kappa shape index (κ1) is 24.4. The van der Waals surface area contributed by atoms with E-state index in [2.05, 4.69) is 6.92 Å². The Balaban J connectivity index is 3.08. The second-order valence-corrected chi connectivity index (χ2v) is 7.59. The van der Waals surface area contributed by atoms with Crippen LogP contribution in [0.15, 0.2) is 0 Å². The van der Waals surface area contributed by atoms with Gasteiger partial charge in [0.25, 0.3) is 0 Å². The molecule has 0 aliphatic heterocycles. The first-order chi connectivity index (χ1) is 12.2. The Morgan fingerprint density at radius 3 is 1.44 bits per heavy atom. The third kappa shape index (κ3) is 21.4. The fraction of sp³-hybridized carbons (Fsp3) is 0.955. The maximum Gasteiger partial charge on any atom is 0.305 e. The van der Waals surface area contributed by atoms with Gasteiger partial charge in [-0.2, -0.15) is 0 Å². The maximum absolute atomic E-state index is 11.4. The van der Waals surface area contributed by atoms with E-state index in [9.17, 15) is 4.79 Å². The zero-order valence-electron chi connectivity index (χ0n) is 17.1. The van der Waals surface area contributed by atoms with Gasteiger partial charge in [0, 0.05) is 6.42 Å². The van der Waals surface area contributed by atoms with Crippen LogP contribution in [0.1, 0.15) is 123 Å². The molecule has 3 heteroatoms. The summed E-state index contributed by atoms with van der Waals surface area (Å²) >= 11 is 0. The number of rotatable bonds is 19. The monoisotopic (exact) mass is 356 g/mol. The lowest BCUT2D eigenvalue weighted by atomic mass is 10.0. The lowest BCUT2D eigenvalue weighted by Gasteiger charge is -2.06. The Hall–Kier alpha value is -0.570. The van der Waals surface area contributed by atoms with Crippen molar-refractivity contribution in [1.29, 1.82) is 0 Å². The van der Waals surface area contributed by atoms with Crippen LogP contribution in [0.3, 0.4) is 0 Å². The molecule has 0 aliphatic carbocycles. The Bertz CT molecular complexity index is 276. The van der Waals surface area contributed by atoms with Gasteiger partial charge in [0.2, 0.25) is 0 Å². The summed E-state index contributed by atoms with van der Waals surface area (Å²) in [6.07, 6.45) is 21.3. The highest BCUT2D eigenvalue weighted by atomic mass is 16.5. The summed E-state index contributed by atoms with van der Waals surface area (Å²) in [4.78, 5) is 11.4. The van der Waals surface area contributed by atoms with E-state index in [4.69, 9.17) is 9.84 Å². The second-order valence-electron chi connectivity index (χ2n) is 7.59. The molecule has 1 atom stereocenters. The van der Waals surface area contributed by atoms with Gasteiger partial charge in [-0.25, -0.2) is 0 Å². The molecule has 0 saturated heterocycles. The van der Waals surface area contributed by atoms with Crippen molar-refractivity contribution in [3.63, 3.8) is 0 Å². The second kappa shape index (κ2) is 19.8. The van der Waals surface area contributed by atoms with Gasteiger partial charge < -0.3 is 9.84 Å². The lowest BCUT2D eigenvalue weighted by Crippen LogP contribution is -2.14. The topological polar surface area (TPSA) is 46.5 Å². The highest BCUT2D eigenvalue weighted by Crippen LogP contribution is 2.14. The molecule has 0 aromatic carbocycles. The van der Waals surface area contributed by atoms with Gasteiger partial charge >= 0.3 is 5.97 Å². The predicted molar refractivity (Wildman–Crippen MR) is 107 cm³/mol. The van der Waals surface area contributed by atoms with Crippen molar-refractivity contribution in [2.24, 2.45) is 0 Å². The highest BCUT2D eigenvalue weighted by Gasteiger charge is 2.04. The van der Waals surface area contributed by atoms with E-state index in [1.807, 2.05) is 0 Å². The summed E-state index contributed by atoms with van der Waals surface area (Å²) in [5.74, 6) is -0.175. The van der Waals surface area contributed by atoms with E-state index in [1.54, 1.807) is 6.92 Å². The van der Waals surface area contributed by atoms with Crippen LogP contribution >= 0.6 is 0 Å². The molecule has 0 aliphatic rings. The molecular formula is C22H44O3. The molecule has 25 heavy (non-hydrogen) atoms. The SMILES string of the molecule is CCCCCCCCCCCCCCCCCCC(=O)OCC(C)O. The molecule has 0 fully saturated rings. The van der Waals surface area contributed by atoms with Crippen molar-refractivity contribution in [1.82, 2.24) is 0 Å². The molecule has 0 spiro atoms. The van der Waals surface area contributed by atoms with Gasteiger partial charge in [0.15, 0.2) is 0 Å². The smallest absolute Gasteiger partial charge is 0.305 e.